The van der Waals surface area contributed by atoms with Crippen molar-refractivity contribution in [3.63, 3.8) is 0 Å². The minimum atomic E-state index is -0.509. The van der Waals surface area contributed by atoms with Gasteiger partial charge in [0, 0.05) is 12.1 Å². The maximum absolute atomic E-state index is 10.7. The van der Waals surface area contributed by atoms with E-state index in [1.54, 1.807) is 6.07 Å². The van der Waals surface area contributed by atoms with Crippen LogP contribution < -0.4 is 4.74 Å². The summed E-state index contributed by atoms with van der Waals surface area (Å²) in [4.78, 5) is 10.2. The van der Waals surface area contributed by atoms with Gasteiger partial charge in [-0.3, -0.25) is 10.1 Å². The van der Waals surface area contributed by atoms with Crippen molar-refractivity contribution in [1.82, 2.24) is 10.2 Å². The Morgan fingerprint density at radius 1 is 1.28 bits per heavy atom. The van der Waals surface area contributed by atoms with Crippen LogP contribution >= 0.6 is 27.5 Å². The molecule has 1 heterocycles. The molecule has 0 aliphatic rings. The van der Waals surface area contributed by atoms with Gasteiger partial charge in [-0.25, -0.2) is 0 Å². The van der Waals surface area contributed by atoms with Crippen LogP contribution in [0.2, 0.25) is 5.15 Å². The van der Waals surface area contributed by atoms with E-state index in [2.05, 4.69) is 26.1 Å². The summed E-state index contributed by atoms with van der Waals surface area (Å²) in [6.45, 7) is 0. The Bertz CT molecular complexity index is 591. The summed E-state index contributed by atoms with van der Waals surface area (Å²) in [5, 5.41) is 18.3. The third-order valence-electron chi connectivity index (χ3n) is 1.96. The predicted molar refractivity (Wildman–Crippen MR) is 67.9 cm³/mol. The number of aromatic nitrogens is 2. The van der Waals surface area contributed by atoms with Gasteiger partial charge in [0.15, 0.2) is 10.9 Å². The molecule has 0 saturated carbocycles. The Balaban J connectivity index is 2.32. The van der Waals surface area contributed by atoms with Crippen molar-refractivity contribution in [2.24, 2.45) is 0 Å². The summed E-state index contributed by atoms with van der Waals surface area (Å²) in [6, 6.07) is 7.48. The van der Waals surface area contributed by atoms with E-state index in [1.165, 1.54) is 24.3 Å². The lowest BCUT2D eigenvalue weighted by Gasteiger charge is -2.05. The van der Waals surface area contributed by atoms with Crippen molar-refractivity contribution >= 4 is 33.2 Å². The second-order valence-corrected chi connectivity index (χ2v) is 4.32. The molecule has 0 spiro atoms. The molecule has 0 unspecified atom stereocenters. The average Bonchev–Trinajstić information content (AvgIpc) is 2.34. The lowest BCUT2D eigenvalue weighted by molar-refractivity contribution is -0.385. The fraction of sp³-hybridized carbons (Fsp3) is 0. The van der Waals surface area contributed by atoms with Crippen LogP contribution in [0.5, 0.6) is 11.6 Å². The van der Waals surface area contributed by atoms with E-state index in [-0.39, 0.29) is 26.9 Å². The topological polar surface area (TPSA) is 78.2 Å². The summed E-state index contributed by atoms with van der Waals surface area (Å²) >= 11 is 8.70. The van der Waals surface area contributed by atoms with Gasteiger partial charge in [-0.05, 0) is 28.1 Å². The molecule has 2 aromatic rings. The number of hydrogen-bond donors (Lipinski definition) is 0. The van der Waals surface area contributed by atoms with Crippen molar-refractivity contribution in [3.8, 4) is 11.6 Å². The molecule has 0 aliphatic carbocycles. The van der Waals surface area contributed by atoms with Crippen molar-refractivity contribution in [3.05, 3.63) is 50.1 Å². The van der Waals surface area contributed by atoms with Crippen molar-refractivity contribution in [2.75, 3.05) is 0 Å². The van der Waals surface area contributed by atoms with Crippen molar-refractivity contribution in [2.45, 2.75) is 0 Å². The molecule has 2 rings (SSSR count). The maximum Gasteiger partial charge on any atom is 0.287 e. The highest BCUT2D eigenvalue weighted by molar-refractivity contribution is 9.10. The number of benzene rings is 1. The predicted octanol–water partition coefficient (Wildman–Crippen LogP) is 3.59. The van der Waals surface area contributed by atoms with Crippen LogP contribution in [0.15, 0.2) is 34.8 Å². The van der Waals surface area contributed by atoms with E-state index in [0.717, 1.165) is 0 Å². The molecule has 0 bridgehead atoms. The maximum atomic E-state index is 10.7. The van der Waals surface area contributed by atoms with Gasteiger partial charge < -0.3 is 4.74 Å². The Labute approximate surface area is 115 Å². The first-order valence-corrected chi connectivity index (χ1v) is 5.85. The first kappa shape index (κ1) is 12.7. The molecule has 0 N–H and O–H groups in total. The molecule has 0 aliphatic heterocycles. The van der Waals surface area contributed by atoms with E-state index >= 15 is 0 Å². The van der Waals surface area contributed by atoms with E-state index in [1.807, 2.05) is 0 Å². The second-order valence-electron chi connectivity index (χ2n) is 3.14. The second kappa shape index (κ2) is 5.28. The molecule has 0 atom stereocenters. The van der Waals surface area contributed by atoms with Crippen LogP contribution in [0.3, 0.4) is 0 Å². The van der Waals surface area contributed by atoms with Crippen LogP contribution in [0.1, 0.15) is 0 Å². The Morgan fingerprint density at radius 2 is 2.06 bits per heavy atom. The highest BCUT2D eigenvalue weighted by atomic mass is 79.9. The van der Waals surface area contributed by atoms with Crippen molar-refractivity contribution < 1.29 is 9.66 Å². The average molecular weight is 331 g/mol. The molecule has 0 radical (unpaired) electrons. The van der Waals surface area contributed by atoms with Crippen LogP contribution in [0, 0.1) is 10.1 Å². The fourth-order valence-electron chi connectivity index (χ4n) is 1.19. The molecule has 8 heteroatoms. The highest BCUT2D eigenvalue weighted by Gasteiger charge is 2.16. The zero-order valence-corrected chi connectivity index (χ0v) is 11.1. The lowest BCUT2D eigenvalue weighted by atomic mass is 10.3. The van der Waals surface area contributed by atoms with E-state index in [9.17, 15) is 10.1 Å². The third kappa shape index (κ3) is 2.74. The normalized spacial score (nSPS) is 10.1. The molecule has 18 heavy (non-hydrogen) atoms. The number of ether oxygens (including phenoxy) is 1. The van der Waals surface area contributed by atoms with Gasteiger partial charge in [0.05, 0.1) is 4.92 Å². The lowest BCUT2D eigenvalue weighted by Crippen LogP contribution is -1.94. The number of nitro benzene ring substituents is 1. The molecule has 6 nitrogen and oxygen atoms in total. The van der Waals surface area contributed by atoms with Gasteiger partial charge in [-0.15, -0.1) is 10.2 Å². The largest absolute Gasteiger partial charge is 0.436 e. The van der Waals surface area contributed by atoms with Gasteiger partial charge in [0.1, 0.15) is 4.47 Å². The first-order chi connectivity index (χ1) is 8.58. The van der Waals surface area contributed by atoms with E-state index < -0.39 is 4.92 Å². The highest BCUT2D eigenvalue weighted by Crippen LogP contribution is 2.35. The smallest absolute Gasteiger partial charge is 0.287 e. The zero-order chi connectivity index (χ0) is 13.1. The van der Waals surface area contributed by atoms with Gasteiger partial charge >= 0.3 is 0 Å². The van der Waals surface area contributed by atoms with Gasteiger partial charge in [-0.1, -0.05) is 17.7 Å². The number of nitrogens with zero attached hydrogens (tertiary/aromatic N) is 3. The summed E-state index contributed by atoms with van der Waals surface area (Å²) in [7, 11) is 0. The Kier molecular flexibility index (Phi) is 3.73. The van der Waals surface area contributed by atoms with Gasteiger partial charge in [-0.2, -0.15) is 0 Å². The number of rotatable bonds is 3. The fourth-order valence-corrected chi connectivity index (χ4v) is 1.78. The number of hydrogen-bond acceptors (Lipinski definition) is 5. The van der Waals surface area contributed by atoms with E-state index in [0.29, 0.717) is 0 Å². The first-order valence-electron chi connectivity index (χ1n) is 4.68. The van der Waals surface area contributed by atoms with E-state index in [4.69, 9.17) is 16.3 Å². The molecule has 0 amide bonds. The summed E-state index contributed by atoms with van der Waals surface area (Å²) in [5.41, 5.74) is -0.0885. The minimum Gasteiger partial charge on any atom is -0.436 e. The molecule has 0 saturated heterocycles. The number of nitro groups is 1. The van der Waals surface area contributed by atoms with Gasteiger partial charge in [0.25, 0.3) is 5.69 Å². The molecule has 1 aromatic carbocycles. The molecular formula is C10H5BrClN3O3. The van der Waals surface area contributed by atoms with Crippen LogP contribution in [-0.4, -0.2) is 15.1 Å². The Morgan fingerprint density at radius 3 is 2.67 bits per heavy atom. The quantitative estimate of drug-likeness (QED) is 0.635. The van der Waals surface area contributed by atoms with Crippen LogP contribution in [-0.2, 0) is 0 Å². The van der Waals surface area contributed by atoms with Gasteiger partial charge in [0.2, 0.25) is 5.88 Å². The molecule has 92 valence electrons. The standard InChI is InChI=1S/C10H5BrClN3O3/c11-10-6(15(16)17)2-1-3-7(10)18-9-5-4-8(12)13-14-9/h1-5H. The molecule has 1 aromatic heterocycles. The third-order valence-corrected chi connectivity index (χ3v) is 2.96. The molecule has 0 fully saturated rings. The SMILES string of the molecule is O=[N+]([O-])c1cccc(Oc2ccc(Cl)nn2)c1Br. The molecular weight excluding hydrogens is 325 g/mol. The summed E-state index contributed by atoms with van der Waals surface area (Å²) in [5.74, 6) is 0.474. The van der Waals surface area contributed by atoms with Crippen LogP contribution in [0.25, 0.3) is 0 Å². The number of halogens is 2. The van der Waals surface area contributed by atoms with Crippen LogP contribution in [0.4, 0.5) is 5.69 Å². The Hall–Kier alpha value is -1.73. The minimum absolute atomic E-state index is 0.0885. The zero-order valence-electron chi connectivity index (χ0n) is 8.71. The van der Waals surface area contributed by atoms with Crippen molar-refractivity contribution in [1.29, 1.82) is 0 Å². The monoisotopic (exact) mass is 329 g/mol. The summed E-state index contributed by atoms with van der Waals surface area (Å²) < 4.78 is 5.61. The summed E-state index contributed by atoms with van der Waals surface area (Å²) in [6.07, 6.45) is 0.